The first-order chi connectivity index (χ1) is 16.5. The minimum Gasteiger partial charge on any atom is -0.495 e. The van der Waals surface area contributed by atoms with Crippen molar-refractivity contribution < 1.29 is 18.3 Å². The van der Waals surface area contributed by atoms with Gasteiger partial charge in [-0.3, -0.25) is 14.2 Å². The highest BCUT2D eigenvalue weighted by Gasteiger charge is 2.20. The van der Waals surface area contributed by atoms with Gasteiger partial charge in [-0.25, -0.2) is 9.37 Å². The van der Waals surface area contributed by atoms with E-state index in [2.05, 4.69) is 10.3 Å². The quantitative estimate of drug-likeness (QED) is 0.274. The molecular formula is C25H18FN3O4S. The Kier molecular flexibility index (Phi) is 5.77. The first kappa shape index (κ1) is 21.7. The molecule has 9 heteroatoms. The SMILES string of the molecule is COc1ccccc1NC(=O)CSc1nc2c(oc3ccccc32)c(=O)n1-c1ccc(F)cc1. The third kappa shape index (κ3) is 4.01. The van der Waals surface area contributed by atoms with Crippen LogP contribution in [0, 0.1) is 5.82 Å². The van der Waals surface area contributed by atoms with Crippen LogP contribution in [0.3, 0.4) is 0 Å². The molecular weight excluding hydrogens is 457 g/mol. The van der Waals surface area contributed by atoms with Crippen LogP contribution in [0.2, 0.25) is 0 Å². The second kappa shape index (κ2) is 9.03. The number of hydrogen-bond donors (Lipinski definition) is 1. The Hall–Kier alpha value is -4.11. The van der Waals surface area contributed by atoms with Gasteiger partial charge in [0.25, 0.3) is 0 Å². The van der Waals surface area contributed by atoms with Gasteiger partial charge in [0, 0.05) is 5.39 Å². The molecule has 2 heterocycles. The number of hydrogen-bond acceptors (Lipinski definition) is 6. The molecule has 0 bridgehead atoms. The number of furan rings is 1. The number of methoxy groups -OCH3 is 1. The minimum absolute atomic E-state index is 0.0209. The number of ether oxygens (including phenoxy) is 1. The Bertz CT molecular complexity index is 1580. The van der Waals surface area contributed by atoms with Crippen LogP contribution in [0.4, 0.5) is 10.1 Å². The molecule has 0 spiro atoms. The third-order valence-corrected chi connectivity index (χ3v) is 6.10. The summed E-state index contributed by atoms with van der Waals surface area (Å²) < 4.78 is 25.9. The van der Waals surface area contributed by atoms with Gasteiger partial charge < -0.3 is 14.5 Å². The van der Waals surface area contributed by atoms with Crippen molar-refractivity contribution in [1.29, 1.82) is 0 Å². The number of para-hydroxylation sites is 3. The second-order valence-corrected chi connectivity index (χ2v) is 8.27. The molecule has 1 N–H and O–H groups in total. The molecule has 5 aromatic rings. The van der Waals surface area contributed by atoms with Gasteiger partial charge >= 0.3 is 5.56 Å². The lowest BCUT2D eigenvalue weighted by Gasteiger charge is -2.12. The largest absolute Gasteiger partial charge is 0.495 e. The predicted octanol–water partition coefficient (Wildman–Crippen LogP) is 5.01. The van der Waals surface area contributed by atoms with Crippen LogP contribution in [-0.4, -0.2) is 28.3 Å². The Labute approximate surface area is 197 Å². The fourth-order valence-electron chi connectivity index (χ4n) is 3.60. The highest BCUT2D eigenvalue weighted by Crippen LogP contribution is 2.29. The molecule has 0 unspecified atom stereocenters. The summed E-state index contributed by atoms with van der Waals surface area (Å²) in [6.07, 6.45) is 0. The average molecular weight is 476 g/mol. The Morgan fingerprint density at radius 1 is 1.09 bits per heavy atom. The van der Waals surface area contributed by atoms with Gasteiger partial charge in [0.2, 0.25) is 11.5 Å². The van der Waals surface area contributed by atoms with E-state index in [1.165, 1.54) is 35.9 Å². The topological polar surface area (TPSA) is 86.4 Å². The summed E-state index contributed by atoms with van der Waals surface area (Å²) in [6.45, 7) is 0. The first-order valence-electron chi connectivity index (χ1n) is 10.3. The molecule has 0 aliphatic rings. The Morgan fingerprint density at radius 2 is 1.82 bits per heavy atom. The van der Waals surface area contributed by atoms with E-state index >= 15 is 0 Å². The van der Waals surface area contributed by atoms with Crippen LogP contribution in [0.15, 0.2) is 87.2 Å². The number of carbonyl (C=O) groups is 1. The summed E-state index contributed by atoms with van der Waals surface area (Å²) in [6, 6.07) is 19.8. The van der Waals surface area contributed by atoms with Gasteiger partial charge in [0.15, 0.2) is 5.16 Å². The van der Waals surface area contributed by atoms with E-state index in [-0.39, 0.29) is 22.4 Å². The summed E-state index contributed by atoms with van der Waals surface area (Å²) in [5, 5.41) is 3.79. The number of nitrogens with zero attached hydrogens (tertiary/aromatic N) is 2. The van der Waals surface area contributed by atoms with Crippen molar-refractivity contribution in [3.63, 3.8) is 0 Å². The number of nitrogens with one attached hydrogen (secondary N) is 1. The second-order valence-electron chi connectivity index (χ2n) is 7.32. The van der Waals surface area contributed by atoms with Crippen LogP contribution in [-0.2, 0) is 4.79 Å². The lowest BCUT2D eigenvalue weighted by Crippen LogP contribution is -2.22. The fourth-order valence-corrected chi connectivity index (χ4v) is 4.41. The number of benzene rings is 3. The van der Waals surface area contributed by atoms with E-state index in [1.807, 2.05) is 12.1 Å². The first-order valence-corrected chi connectivity index (χ1v) is 11.3. The van der Waals surface area contributed by atoms with Gasteiger partial charge in [0.05, 0.1) is 24.2 Å². The number of anilines is 1. The molecule has 7 nitrogen and oxygen atoms in total. The zero-order valence-electron chi connectivity index (χ0n) is 17.9. The standard InChI is InChI=1S/C25H18FN3O4S/c1-32-20-9-5-3-7-18(20)27-21(30)14-34-25-28-22-17-6-2-4-8-19(17)33-23(22)24(31)29(25)16-12-10-15(26)11-13-16/h2-13H,14H2,1H3,(H,27,30). The van der Waals surface area contributed by atoms with Crippen molar-refractivity contribution in [2.45, 2.75) is 5.16 Å². The van der Waals surface area contributed by atoms with Crippen LogP contribution in [0.5, 0.6) is 5.75 Å². The summed E-state index contributed by atoms with van der Waals surface area (Å²) in [4.78, 5) is 30.8. The maximum Gasteiger partial charge on any atom is 0.302 e. The predicted molar refractivity (Wildman–Crippen MR) is 129 cm³/mol. The third-order valence-electron chi connectivity index (χ3n) is 5.16. The zero-order chi connectivity index (χ0) is 23.7. The average Bonchev–Trinajstić information content (AvgIpc) is 3.23. The minimum atomic E-state index is -0.444. The molecule has 170 valence electrons. The van der Waals surface area contributed by atoms with E-state index in [0.717, 1.165) is 11.8 Å². The molecule has 0 aliphatic carbocycles. The molecule has 0 saturated carbocycles. The molecule has 2 aromatic heterocycles. The normalized spacial score (nSPS) is 11.1. The number of aromatic nitrogens is 2. The van der Waals surface area contributed by atoms with E-state index in [0.29, 0.717) is 33.6 Å². The van der Waals surface area contributed by atoms with E-state index in [4.69, 9.17) is 9.15 Å². The van der Waals surface area contributed by atoms with Gasteiger partial charge in [-0.1, -0.05) is 36.0 Å². The maximum absolute atomic E-state index is 13.5. The lowest BCUT2D eigenvalue weighted by molar-refractivity contribution is -0.113. The molecule has 0 fully saturated rings. The van der Waals surface area contributed by atoms with Crippen molar-refractivity contribution in [2.75, 3.05) is 18.2 Å². The summed E-state index contributed by atoms with van der Waals surface area (Å²) in [5.41, 5.74) is 1.54. The van der Waals surface area contributed by atoms with Crippen molar-refractivity contribution in [3.8, 4) is 11.4 Å². The summed E-state index contributed by atoms with van der Waals surface area (Å²) in [7, 11) is 1.52. The number of carbonyl (C=O) groups excluding carboxylic acids is 1. The van der Waals surface area contributed by atoms with Crippen molar-refractivity contribution >= 4 is 45.4 Å². The summed E-state index contributed by atoms with van der Waals surface area (Å²) in [5.74, 6) is -0.215. The molecule has 3 aromatic carbocycles. The highest BCUT2D eigenvalue weighted by molar-refractivity contribution is 7.99. The van der Waals surface area contributed by atoms with E-state index in [1.54, 1.807) is 36.4 Å². The summed E-state index contributed by atoms with van der Waals surface area (Å²) >= 11 is 1.09. The fraction of sp³-hybridized carbons (Fsp3) is 0.0800. The Morgan fingerprint density at radius 3 is 2.62 bits per heavy atom. The number of thioether (sulfide) groups is 1. The number of fused-ring (bicyclic) bond motifs is 3. The molecule has 0 radical (unpaired) electrons. The highest BCUT2D eigenvalue weighted by atomic mass is 32.2. The van der Waals surface area contributed by atoms with Crippen molar-refractivity contribution in [1.82, 2.24) is 9.55 Å². The monoisotopic (exact) mass is 475 g/mol. The van der Waals surface area contributed by atoms with Crippen LogP contribution >= 0.6 is 11.8 Å². The number of halogens is 1. The van der Waals surface area contributed by atoms with Crippen molar-refractivity contribution in [3.05, 3.63) is 89.0 Å². The Balaban J connectivity index is 1.55. The smallest absolute Gasteiger partial charge is 0.302 e. The van der Waals surface area contributed by atoms with Crippen molar-refractivity contribution in [2.24, 2.45) is 0 Å². The molecule has 34 heavy (non-hydrogen) atoms. The maximum atomic E-state index is 13.5. The van der Waals surface area contributed by atoms with Crippen LogP contribution in [0.25, 0.3) is 27.8 Å². The molecule has 5 rings (SSSR count). The van der Waals surface area contributed by atoms with E-state index in [9.17, 15) is 14.0 Å². The lowest BCUT2D eigenvalue weighted by atomic mass is 10.2. The number of rotatable bonds is 6. The van der Waals surface area contributed by atoms with E-state index < -0.39 is 11.4 Å². The molecule has 0 atom stereocenters. The van der Waals surface area contributed by atoms with Crippen LogP contribution in [0.1, 0.15) is 0 Å². The number of amides is 1. The van der Waals surface area contributed by atoms with Gasteiger partial charge in [-0.2, -0.15) is 0 Å². The van der Waals surface area contributed by atoms with Crippen LogP contribution < -0.4 is 15.6 Å². The van der Waals surface area contributed by atoms with Gasteiger partial charge in [0.1, 0.15) is 22.7 Å². The molecule has 0 saturated heterocycles. The molecule has 1 amide bonds. The van der Waals surface area contributed by atoms with Gasteiger partial charge in [-0.05, 0) is 48.5 Å². The zero-order valence-corrected chi connectivity index (χ0v) is 18.8. The van der Waals surface area contributed by atoms with Gasteiger partial charge in [-0.15, -0.1) is 0 Å². The molecule has 0 aliphatic heterocycles.